The molecule has 1 aliphatic rings. The van der Waals surface area contributed by atoms with Crippen LogP contribution in [0, 0.1) is 22.7 Å². The number of hydrogen-bond acceptors (Lipinski definition) is 5. The average Bonchev–Trinajstić information content (AvgIpc) is 3.19. The summed E-state index contributed by atoms with van der Waals surface area (Å²) in [6.45, 7) is -0.119. The van der Waals surface area contributed by atoms with E-state index < -0.39 is 47.6 Å². The molecule has 2 aromatic rings. The molecule has 174 valence electrons. The van der Waals surface area contributed by atoms with E-state index in [0.29, 0.717) is 17.4 Å². The number of benzene rings is 2. The summed E-state index contributed by atoms with van der Waals surface area (Å²) in [6, 6.07) is 9.76. The van der Waals surface area contributed by atoms with Crippen molar-refractivity contribution < 1.29 is 36.2 Å². The fourth-order valence-corrected chi connectivity index (χ4v) is 3.83. The lowest BCUT2D eigenvalue weighted by Gasteiger charge is -2.27. The van der Waals surface area contributed by atoms with E-state index in [4.69, 9.17) is 15.3 Å². The molecular formula is C22H17F6N3O2. The highest BCUT2D eigenvalue weighted by Gasteiger charge is 2.50. The van der Waals surface area contributed by atoms with Gasteiger partial charge in [-0.05, 0) is 48.4 Å². The van der Waals surface area contributed by atoms with Crippen molar-refractivity contribution >= 4 is 0 Å². The van der Waals surface area contributed by atoms with E-state index in [1.807, 2.05) is 6.07 Å². The lowest BCUT2D eigenvalue weighted by molar-refractivity contribution is -0.212. The summed E-state index contributed by atoms with van der Waals surface area (Å²) in [7, 11) is 0. The molecule has 2 aromatic carbocycles. The summed E-state index contributed by atoms with van der Waals surface area (Å²) in [5.41, 5.74) is -1.59. The third kappa shape index (κ3) is 5.56. The predicted octanol–water partition coefficient (Wildman–Crippen LogP) is 4.27. The summed E-state index contributed by atoms with van der Waals surface area (Å²) in [5.74, 6) is -0.769. The van der Waals surface area contributed by atoms with Crippen LogP contribution in [0.1, 0.15) is 34.6 Å². The molecule has 0 saturated carbocycles. The fraction of sp³-hybridized carbons (Fsp3) is 0.364. The molecule has 1 saturated heterocycles. The number of aliphatic hydroxyl groups is 1. The van der Waals surface area contributed by atoms with E-state index in [0.717, 1.165) is 6.07 Å². The maximum atomic E-state index is 13.4. The van der Waals surface area contributed by atoms with Gasteiger partial charge in [0, 0.05) is 18.0 Å². The highest BCUT2D eigenvalue weighted by molar-refractivity contribution is 5.44. The molecule has 1 heterocycles. The molecule has 11 heteroatoms. The molecule has 5 nitrogen and oxygen atoms in total. The van der Waals surface area contributed by atoms with E-state index in [1.165, 1.54) is 36.4 Å². The first-order valence-electron chi connectivity index (χ1n) is 9.69. The second kappa shape index (κ2) is 9.30. The summed E-state index contributed by atoms with van der Waals surface area (Å²) < 4.78 is 85.4. The standard InChI is InChI=1S/C22H17F6N3O2/c23-21(24,25)18-7-13(3-4-14(18)10-30)17-8-15(31-19(17)20(32)22(26,27)28)11-33-16-5-1-12(9-29)2-6-16/h1-7,15,17,19-20,31-32H,8,11H2/t15?,17?,19?,20-/m1/s1. The zero-order chi connectivity index (χ0) is 24.4. The molecule has 0 aliphatic carbocycles. The van der Waals surface area contributed by atoms with E-state index in [9.17, 15) is 31.4 Å². The van der Waals surface area contributed by atoms with Crippen molar-refractivity contribution in [3.8, 4) is 17.9 Å². The molecule has 1 fully saturated rings. The normalized spacial score (nSPS) is 21.8. The van der Waals surface area contributed by atoms with Gasteiger partial charge in [-0.15, -0.1) is 0 Å². The van der Waals surface area contributed by atoms with Gasteiger partial charge in [0.1, 0.15) is 12.4 Å². The van der Waals surface area contributed by atoms with E-state index in [-0.39, 0.29) is 18.6 Å². The largest absolute Gasteiger partial charge is 0.492 e. The van der Waals surface area contributed by atoms with Crippen molar-refractivity contribution in [2.45, 2.75) is 42.9 Å². The molecule has 0 bridgehead atoms. The minimum absolute atomic E-state index is 0.0444. The molecular weight excluding hydrogens is 452 g/mol. The SMILES string of the molecule is N#Cc1ccc(OCC2CC(c3ccc(C#N)c(C(F)(F)F)c3)C([C@@H](O)C(F)(F)F)N2)cc1. The lowest BCUT2D eigenvalue weighted by Crippen LogP contribution is -2.49. The first kappa shape index (κ1) is 24.4. The van der Waals surface area contributed by atoms with Crippen LogP contribution in [0.2, 0.25) is 0 Å². The Bertz CT molecular complexity index is 1070. The highest BCUT2D eigenvalue weighted by atomic mass is 19.4. The lowest BCUT2D eigenvalue weighted by atomic mass is 9.86. The van der Waals surface area contributed by atoms with Crippen LogP contribution in [-0.4, -0.2) is 36.1 Å². The van der Waals surface area contributed by atoms with Crippen LogP contribution in [0.4, 0.5) is 26.3 Å². The maximum Gasteiger partial charge on any atom is 0.417 e. The highest BCUT2D eigenvalue weighted by Crippen LogP contribution is 2.40. The smallest absolute Gasteiger partial charge is 0.417 e. The Hall–Kier alpha value is -3.28. The van der Waals surface area contributed by atoms with E-state index in [1.54, 1.807) is 0 Å². The van der Waals surface area contributed by atoms with Gasteiger partial charge in [0.25, 0.3) is 0 Å². The van der Waals surface area contributed by atoms with Gasteiger partial charge in [0.05, 0.1) is 28.8 Å². The van der Waals surface area contributed by atoms with Crippen LogP contribution in [0.5, 0.6) is 5.75 Å². The number of nitriles is 2. The molecule has 0 amide bonds. The number of nitrogens with zero attached hydrogens (tertiary/aromatic N) is 2. The average molecular weight is 469 g/mol. The number of nitrogens with one attached hydrogen (secondary N) is 1. The molecule has 4 atom stereocenters. The van der Waals surface area contributed by atoms with Crippen LogP contribution < -0.4 is 10.1 Å². The van der Waals surface area contributed by atoms with Crippen molar-refractivity contribution in [1.82, 2.24) is 5.32 Å². The number of halogens is 6. The third-order valence-corrected chi connectivity index (χ3v) is 5.41. The first-order chi connectivity index (χ1) is 15.4. The van der Waals surface area contributed by atoms with Crippen LogP contribution in [0.25, 0.3) is 0 Å². The second-order valence-electron chi connectivity index (χ2n) is 7.58. The van der Waals surface area contributed by atoms with E-state index >= 15 is 0 Å². The Kier molecular flexibility index (Phi) is 6.86. The molecule has 3 unspecified atom stereocenters. The number of rotatable bonds is 5. The molecule has 0 spiro atoms. The first-order valence-corrected chi connectivity index (χ1v) is 9.69. The van der Waals surface area contributed by atoms with Gasteiger partial charge >= 0.3 is 12.4 Å². The Morgan fingerprint density at radius 1 is 1.03 bits per heavy atom. The summed E-state index contributed by atoms with van der Waals surface area (Å²) >= 11 is 0. The van der Waals surface area contributed by atoms with Crippen molar-refractivity contribution in [1.29, 1.82) is 10.5 Å². The molecule has 0 radical (unpaired) electrons. The fourth-order valence-electron chi connectivity index (χ4n) is 3.83. The minimum Gasteiger partial charge on any atom is -0.492 e. The van der Waals surface area contributed by atoms with Gasteiger partial charge in [-0.3, -0.25) is 0 Å². The van der Waals surface area contributed by atoms with Crippen LogP contribution in [0.3, 0.4) is 0 Å². The van der Waals surface area contributed by atoms with Crippen LogP contribution >= 0.6 is 0 Å². The van der Waals surface area contributed by atoms with Crippen molar-refractivity contribution in [2.24, 2.45) is 0 Å². The second-order valence-corrected chi connectivity index (χ2v) is 7.58. The number of alkyl halides is 6. The molecule has 1 aliphatic heterocycles. The summed E-state index contributed by atoms with van der Waals surface area (Å²) in [6.07, 6.45) is -12.7. The van der Waals surface area contributed by atoms with Crippen molar-refractivity contribution in [2.75, 3.05) is 6.61 Å². The third-order valence-electron chi connectivity index (χ3n) is 5.41. The van der Waals surface area contributed by atoms with Gasteiger partial charge in [-0.25, -0.2) is 0 Å². The van der Waals surface area contributed by atoms with Crippen LogP contribution in [-0.2, 0) is 6.18 Å². The molecule has 0 aromatic heterocycles. The zero-order valence-corrected chi connectivity index (χ0v) is 16.8. The quantitative estimate of drug-likeness (QED) is 0.639. The number of hydrogen-bond donors (Lipinski definition) is 2. The number of ether oxygens (including phenoxy) is 1. The van der Waals surface area contributed by atoms with Gasteiger partial charge in [-0.1, -0.05) is 6.07 Å². The van der Waals surface area contributed by atoms with E-state index in [2.05, 4.69) is 5.32 Å². The predicted molar refractivity (Wildman–Crippen MR) is 103 cm³/mol. The summed E-state index contributed by atoms with van der Waals surface area (Å²) in [4.78, 5) is 0. The summed E-state index contributed by atoms with van der Waals surface area (Å²) in [5, 5.41) is 30.3. The van der Waals surface area contributed by atoms with Gasteiger partial charge < -0.3 is 15.2 Å². The van der Waals surface area contributed by atoms with Crippen molar-refractivity contribution in [3.63, 3.8) is 0 Å². The Balaban J connectivity index is 1.86. The maximum absolute atomic E-state index is 13.4. The topological polar surface area (TPSA) is 89.1 Å². The van der Waals surface area contributed by atoms with Gasteiger partial charge in [-0.2, -0.15) is 36.9 Å². The Morgan fingerprint density at radius 2 is 1.70 bits per heavy atom. The Morgan fingerprint density at radius 3 is 2.24 bits per heavy atom. The van der Waals surface area contributed by atoms with Gasteiger partial charge in [0.2, 0.25) is 0 Å². The Labute approximate surface area is 184 Å². The number of aliphatic hydroxyl groups excluding tert-OH is 1. The van der Waals surface area contributed by atoms with Crippen LogP contribution in [0.15, 0.2) is 42.5 Å². The van der Waals surface area contributed by atoms with Crippen molar-refractivity contribution in [3.05, 3.63) is 64.7 Å². The minimum atomic E-state index is -5.00. The van der Waals surface area contributed by atoms with Gasteiger partial charge in [0.15, 0.2) is 6.10 Å². The molecule has 3 rings (SSSR count). The monoisotopic (exact) mass is 469 g/mol. The molecule has 33 heavy (non-hydrogen) atoms. The molecule has 2 N–H and O–H groups in total. The zero-order valence-electron chi connectivity index (χ0n) is 16.8.